The van der Waals surface area contributed by atoms with Crippen LogP contribution in [0, 0.1) is 0 Å². The molecule has 0 saturated carbocycles. The minimum atomic E-state index is -0.982. The molecule has 15 heavy (non-hydrogen) atoms. The van der Waals surface area contributed by atoms with Crippen LogP contribution in [0.25, 0.3) is 0 Å². The molecular weight excluding hydrogens is 200 g/mol. The van der Waals surface area contributed by atoms with Gasteiger partial charge in [-0.05, 0) is 13.0 Å². The monoisotopic (exact) mass is 210 g/mol. The quantitative estimate of drug-likeness (QED) is 0.433. The summed E-state index contributed by atoms with van der Waals surface area (Å²) < 4.78 is 4.80. The molecule has 0 fully saturated rings. The maximum absolute atomic E-state index is 11.4. The number of hydrogen-bond acceptors (Lipinski definition) is 5. The van der Waals surface area contributed by atoms with E-state index in [0.717, 1.165) is 0 Å². The fourth-order valence-electron chi connectivity index (χ4n) is 1.60. The first-order valence-corrected chi connectivity index (χ1v) is 4.46. The van der Waals surface area contributed by atoms with E-state index in [2.05, 4.69) is 0 Å². The van der Waals surface area contributed by atoms with Crippen LogP contribution in [0.1, 0.15) is 28.9 Å². The molecule has 1 aromatic rings. The highest BCUT2D eigenvalue weighted by Crippen LogP contribution is 2.39. The van der Waals surface area contributed by atoms with Gasteiger partial charge in [-0.1, -0.05) is 6.07 Å². The molecular formula is C10H10O5. The third-order valence-corrected chi connectivity index (χ3v) is 2.45. The summed E-state index contributed by atoms with van der Waals surface area (Å²) in [5.41, 5.74) is 0.106. The molecule has 1 aliphatic heterocycles. The largest absolute Gasteiger partial charge is 0.504 e. The number of benzene rings is 1. The van der Waals surface area contributed by atoms with Crippen LogP contribution in [0.3, 0.4) is 0 Å². The SMILES string of the molecule is C[C@H]1OC(=O)c2c(ccc(O)c2O)[C@H]1O. The van der Waals surface area contributed by atoms with E-state index in [0.29, 0.717) is 0 Å². The van der Waals surface area contributed by atoms with Crippen LogP contribution < -0.4 is 0 Å². The number of carbonyl (C=O) groups is 1. The van der Waals surface area contributed by atoms with E-state index in [9.17, 15) is 20.1 Å². The zero-order valence-electron chi connectivity index (χ0n) is 7.97. The smallest absolute Gasteiger partial charge is 0.342 e. The van der Waals surface area contributed by atoms with Crippen molar-refractivity contribution in [1.82, 2.24) is 0 Å². The molecule has 80 valence electrons. The van der Waals surface area contributed by atoms with Crippen LogP contribution >= 0.6 is 0 Å². The minimum Gasteiger partial charge on any atom is -0.504 e. The molecule has 0 amide bonds. The second kappa shape index (κ2) is 3.13. The lowest BCUT2D eigenvalue weighted by Gasteiger charge is -2.27. The van der Waals surface area contributed by atoms with Gasteiger partial charge < -0.3 is 20.1 Å². The van der Waals surface area contributed by atoms with Crippen molar-refractivity contribution in [2.45, 2.75) is 19.1 Å². The molecule has 0 bridgehead atoms. The number of phenolic OH excluding ortho intramolecular Hbond substituents is 2. The average Bonchev–Trinajstić information content (AvgIpc) is 2.18. The van der Waals surface area contributed by atoms with Crippen LogP contribution in [0.15, 0.2) is 12.1 Å². The summed E-state index contributed by atoms with van der Waals surface area (Å²) >= 11 is 0. The fourth-order valence-corrected chi connectivity index (χ4v) is 1.60. The Bertz CT molecular complexity index is 426. The van der Waals surface area contributed by atoms with Gasteiger partial charge in [0.1, 0.15) is 17.8 Å². The van der Waals surface area contributed by atoms with Gasteiger partial charge in [-0.2, -0.15) is 0 Å². The molecule has 0 spiro atoms. The second-order valence-corrected chi connectivity index (χ2v) is 3.45. The van der Waals surface area contributed by atoms with E-state index in [-0.39, 0.29) is 11.1 Å². The summed E-state index contributed by atoms with van der Waals surface area (Å²) in [5.74, 6) is -1.70. The molecule has 2 rings (SSSR count). The molecule has 5 nitrogen and oxygen atoms in total. The molecule has 3 N–H and O–H groups in total. The van der Waals surface area contributed by atoms with E-state index in [1.165, 1.54) is 12.1 Å². The first kappa shape index (κ1) is 9.79. The number of aliphatic hydroxyl groups excluding tert-OH is 1. The third kappa shape index (κ3) is 1.32. The van der Waals surface area contributed by atoms with E-state index in [1.54, 1.807) is 6.92 Å². The molecule has 0 radical (unpaired) electrons. The summed E-state index contributed by atoms with van der Waals surface area (Å²) in [6.45, 7) is 1.55. The number of esters is 1. The minimum absolute atomic E-state index is 0.166. The highest BCUT2D eigenvalue weighted by molar-refractivity contribution is 5.96. The summed E-state index contributed by atoms with van der Waals surface area (Å²) in [5, 5.41) is 28.4. The molecule has 2 atom stereocenters. The number of fused-ring (bicyclic) bond motifs is 1. The Morgan fingerprint density at radius 1 is 1.33 bits per heavy atom. The van der Waals surface area contributed by atoms with Gasteiger partial charge in [-0.15, -0.1) is 0 Å². The van der Waals surface area contributed by atoms with Crippen molar-refractivity contribution in [3.8, 4) is 11.5 Å². The molecule has 1 aromatic carbocycles. The Balaban J connectivity index is 2.66. The number of hydrogen-bond donors (Lipinski definition) is 3. The number of aliphatic hydroxyl groups is 1. The van der Waals surface area contributed by atoms with Crippen molar-refractivity contribution in [2.24, 2.45) is 0 Å². The molecule has 1 heterocycles. The fraction of sp³-hybridized carbons (Fsp3) is 0.300. The van der Waals surface area contributed by atoms with Crippen molar-refractivity contribution in [2.75, 3.05) is 0 Å². The molecule has 5 heteroatoms. The standard InChI is InChI=1S/C10H10O5/c1-4-8(12)5-2-3-6(11)9(13)7(5)10(14)15-4/h2-4,8,11-13H,1H3/t4-,8+/m1/s1. The Morgan fingerprint density at radius 3 is 2.67 bits per heavy atom. The summed E-state index contributed by atoms with van der Waals surface area (Å²) in [6.07, 6.45) is -1.64. The van der Waals surface area contributed by atoms with Crippen molar-refractivity contribution < 1.29 is 24.9 Å². The van der Waals surface area contributed by atoms with Crippen molar-refractivity contribution in [3.63, 3.8) is 0 Å². The maximum Gasteiger partial charge on any atom is 0.342 e. The Morgan fingerprint density at radius 2 is 2.00 bits per heavy atom. The topological polar surface area (TPSA) is 87.0 Å². The van der Waals surface area contributed by atoms with Gasteiger partial charge in [0.15, 0.2) is 11.5 Å². The highest BCUT2D eigenvalue weighted by Gasteiger charge is 2.34. The first-order chi connectivity index (χ1) is 7.02. The lowest BCUT2D eigenvalue weighted by Crippen LogP contribution is -2.29. The summed E-state index contributed by atoms with van der Waals surface area (Å²) in [4.78, 5) is 11.4. The van der Waals surface area contributed by atoms with Crippen LogP contribution in [0.2, 0.25) is 0 Å². The molecule has 0 saturated heterocycles. The van der Waals surface area contributed by atoms with E-state index >= 15 is 0 Å². The van der Waals surface area contributed by atoms with Gasteiger partial charge in [0, 0.05) is 5.56 Å². The van der Waals surface area contributed by atoms with E-state index in [4.69, 9.17) is 4.74 Å². The Kier molecular flexibility index (Phi) is 2.04. The Hall–Kier alpha value is -1.75. The molecule has 1 aliphatic rings. The molecule has 0 unspecified atom stereocenters. The second-order valence-electron chi connectivity index (χ2n) is 3.45. The van der Waals surface area contributed by atoms with E-state index < -0.39 is 29.7 Å². The van der Waals surface area contributed by atoms with Gasteiger partial charge in [-0.25, -0.2) is 4.79 Å². The highest BCUT2D eigenvalue weighted by atomic mass is 16.6. The predicted molar refractivity (Wildman–Crippen MR) is 49.6 cm³/mol. The van der Waals surface area contributed by atoms with Crippen LogP contribution in [0.4, 0.5) is 0 Å². The van der Waals surface area contributed by atoms with Crippen LogP contribution in [0.5, 0.6) is 11.5 Å². The van der Waals surface area contributed by atoms with Gasteiger partial charge in [0.25, 0.3) is 0 Å². The lowest BCUT2D eigenvalue weighted by atomic mass is 9.95. The van der Waals surface area contributed by atoms with Crippen molar-refractivity contribution in [1.29, 1.82) is 0 Å². The first-order valence-electron chi connectivity index (χ1n) is 4.46. The predicted octanol–water partition coefficient (Wildman–Crippen LogP) is 0.690. The van der Waals surface area contributed by atoms with Crippen molar-refractivity contribution in [3.05, 3.63) is 23.3 Å². The summed E-state index contributed by atoms with van der Waals surface area (Å²) in [6, 6.07) is 2.62. The normalized spacial score (nSPS) is 24.5. The van der Waals surface area contributed by atoms with Gasteiger partial charge in [0.2, 0.25) is 0 Å². The van der Waals surface area contributed by atoms with Crippen LogP contribution in [-0.4, -0.2) is 27.4 Å². The van der Waals surface area contributed by atoms with Gasteiger partial charge in [0.05, 0.1) is 0 Å². The number of rotatable bonds is 0. The number of aromatic hydroxyl groups is 2. The van der Waals surface area contributed by atoms with Crippen molar-refractivity contribution >= 4 is 5.97 Å². The zero-order chi connectivity index (χ0) is 11.2. The lowest BCUT2D eigenvalue weighted by molar-refractivity contribution is -0.0217. The summed E-state index contributed by atoms with van der Waals surface area (Å²) in [7, 11) is 0. The number of carbonyl (C=O) groups excluding carboxylic acids is 1. The van der Waals surface area contributed by atoms with Gasteiger partial charge >= 0.3 is 5.97 Å². The van der Waals surface area contributed by atoms with E-state index in [1.807, 2.05) is 0 Å². The number of phenols is 2. The zero-order valence-corrected chi connectivity index (χ0v) is 7.97. The van der Waals surface area contributed by atoms with Gasteiger partial charge in [-0.3, -0.25) is 0 Å². The average molecular weight is 210 g/mol. The maximum atomic E-state index is 11.4. The van der Waals surface area contributed by atoms with Crippen LogP contribution in [-0.2, 0) is 4.74 Å². The number of cyclic esters (lactones) is 1. The molecule has 0 aromatic heterocycles. The Labute approximate surface area is 85.5 Å². The molecule has 0 aliphatic carbocycles. The third-order valence-electron chi connectivity index (χ3n) is 2.45. The number of ether oxygens (including phenoxy) is 1.